The van der Waals surface area contributed by atoms with Crippen LogP contribution in [0.15, 0.2) is 36.4 Å². The molecule has 0 aliphatic carbocycles. The molecule has 0 atom stereocenters. The van der Waals surface area contributed by atoms with Crippen molar-refractivity contribution in [1.29, 1.82) is 0 Å². The van der Waals surface area contributed by atoms with Gasteiger partial charge in [0.15, 0.2) is 6.61 Å². The number of pyridine rings is 1. The minimum Gasteiger partial charge on any atom is -0.484 e. The van der Waals surface area contributed by atoms with Gasteiger partial charge in [0.25, 0.3) is 5.91 Å². The van der Waals surface area contributed by atoms with E-state index in [2.05, 4.69) is 15.0 Å². The molecular formula is C15H14F3N3O3. The largest absolute Gasteiger partial charge is 0.484 e. The average Bonchev–Trinajstić information content (AvgIpc) is 2.53. The van der Waals surface area contributed by atoms with Crippen LogP contribution in [-0.4, -0.2) is 30.8 Å². The van der Waals surface area contributed by atoms with Gasteiger partial charge < -0.3 is 20.5 Å². The molecule has 0 spiro atoms. The highest BCUT2D eigenvalue weighted by molar-refractivity contribution is 6.07. The lowest BCUT2D eigenvalue weighted by Gasteiger charge is -2.11. The van der Waals surface area contributed by atoms with Crippen molar-refractivity contribution in [2.75, 3.05) is 24.8 Å². The zero-order chi connectivity index (χ0) is 17.7. The van der Waals surface area contributed by atoms with E-state index in [4.69, 9.17) is 10.5 Å². The molecule has 0 saturated carbocycles. The molecule has 0 aliphatic heterocycles. The maximum Gasteiger partial charge on any atom is 0.422 e. The number of hydrogen-bond donors (Lipinski definition) is 2. The fraction of sp³-hybridized carbons (Fsp3) is 0.200. The third-order valence-corrected chi connectivity index (χ3v) is 2.87. The van der Waals surface area contributed by atoms with Crippen LogP contribution in [-0.2, 0) is 0 Å². The molecule has 0 unspecified atom stereocenters. The van der Waals surface area contributed by atoms with Crippen LogP contribution in [0.1, 0.15) is 10.4 Å². The quantitative estimate of drug-likeness (QED) is 0.873. The Morgan fingerprint density at radius 1 is 1.21 bits per heavy atom. The number of halogens is 3. The predicted molar refractivity (Wildman–Crippen MR) is 81.1 cm³/mol. The van der Waals surface area contributed by atoms with E-state index in [-0.39, 0.29) is 23.0 Å². The van der Waals surface area contributed by atoms with E-state index in [1.807, 2.05) is 0 Å². The van der Waals surface area contributed by atoms with Gasteiger partial charge in [0.2, 0.25) is 5.88 Å². The summed E-state index contributed by atoms with van der Waals surface area (Å²) in [6, 6.07) is 8.40. The smallest absolute Gasteiger partial charge is 0.422 e. The third-order valence-electron chi connectivity index (χ3n) is 2.87. The highest BCUT2D eigenvalue weighted by atomic mass is 19.4. The summed E-state index contributed by atoms with van der Waals surface area (Å²) in [5, 5.41) is 2.56. The zero-order valence-electron chi connectivity index (χ0n) is 12.6. The summed E-state index contributed by atoms with van der Waals surface area (Å²) in [4.78, 5) is 16.0. The monoisotopic (exact) mass is 341 g/mol. The summed E-state index contributed by atoms with van der Waals surface area (Å²) in [7, 11) is 1.42. The van der Waals surface area contributed by atoms with Crippen LogP contribution in [0.5, 0.6) is 11.6 Å². The van der Waals surface area contributed by atoms with Gasteiger partial charge in [-0.2, -0.15) is 18.2 Å². The van der Waals surface area contributed by atoms with E-state index in [0.717, 1.165) is 0 Å². The fourth-order valence-corrected chi connectivity index (χ4v) is 1.76. The van der Waals surface area contributed by atoms with E-state index >= 15 is 0 Å². The fourth-order valence-electron chi connectivity index (χ4n) is 1.76. The highest BCUT2D eigenvalue weighted by Gasteiger charge is 2.28. The first-order valence-electron chi connectivity index (χ1n) is 6.70. The Morgan fingerprint density at radius 2 is 1.88 bits per heavy atom. The number of carbonyl (C=O) groups is 1. The van der Waals surface area contributed by atoms with Crippen molar-refractivity contribution in [3.05, 3.63) is 42.0 Å². The molecule has 3 N–H and O–H groups in total. The number of anilines is 2. The van der Waals surface area contributed by atoms with Crippen molar-refractivity contribution in [2.45, 2.75) is 6.18 Å². The molecule has 128 valence electrons. The van der Waals surface area contributed by atoms with Gasteiger partial charge in [-0.3, -0.25) is 4.79 Å². The van der Waals surface area contributed by atoms with Gasteiger partial charge in [-0.25, -0.2) is 0 Å². The van der Waals surface area contributed by atoms with Crippen LogP contribution in [0.25, 0.3) is 0 Å². The maximum absolute atomic E-state index is 12.1. The van der Waals surface area contributed by atoms with Gasteiger partial charge in [-0.15, -0.1) is 0 Å². The van der Waals surface area contributed by atoms with Crippen molar-refractivity contribution in [1.82, 2.24) is 4.98 Å². The number of alkyl halides is 3. The van der Waals surface area contributed by atoms with Crippen molar-refractivity contribution >= 4 is 17.4 Å². The van der Waals surface area contributed by atoms with Crippen LogP contribution in [0.2, 0.25) is 0 Å². The SMILES string of the molecule is COc1ccc(C(=O)Nc2ccc(OCC(F)(F)F)cc2)c(N)n1. The molecule has 2 aromatic rings. The number of hydrogen-bond acceptors (Lipinski definition) is 5. The number of nitrogens with zero attached hydrogens (tertiary/aromatic N) is 1. The molecule has 24 heavy (non-hydrogen) atoms. The van der Waals surface area contributed by atoms with Gasteiger partial charge in [-0.05, 0) is 30.3 Å². The van der Waals surface area contributed by atoms with Crippen molar-refractivity contribution < 1.29 is 27.4 Å². The number of nitrogens with one attached hydrogen (secondary N) is 1. The minimum atomic E-state index is -4.41. The van der Waals surface area contributed by atoms with E-state index in [0.29, 0.717) is 5.69 Å². The third kappa shape index (κ3) is 4.77. The summed E-state index contributed by atoms with van der Waals surface area (Å²) in [6.07, 6.45) is -4.41. The molecule has 0 saturated heterocycles. The maximum atomic E-state index is 12.1. The van der Waals surface area contributed by atoms with Crippen molar-refractivity contribution in [3.8, 4) is 11.6 Å². The molecule has 0 aliphatic rings. The summed E-state index contributed by atoms with van der Waals surface area (Å²) in [5.74, 6) is -0.199. The Kier molecular flexibility index (Phi) is 5.12. The second-order valence-corrected chi connectivity index (χ2v) is 4.67. The van der Waals surface area contributed by atoms with Gasteiger partial charge in [-0.1, -0.05) is 0 Å². The van der Waals surface area contributed by atoms with Crippen LogP contribution >= 0.6 is 0 Å². The van der Waals surface area contributed by atoms with Gasteiger partial charge in [0.1, 0.15) is 11.6 Å². The molecule has 6 nitrogen and oxygen atoms in total. The van der Waals surface area contributed by atoms with Gasteiger partial charge >= 0.3 is 6.18 Å². The topological polar surface area (TPSA) is 86.5 Å². The first-order valence-corrected chi connectivity index (χ1v) is 6.70. The predicted octanol–water partition coefficient (Wildman–Crippen LogP) is 2.87. The van der Waals surface area contributed by atoms with Gasteiger partial charge in [0.05, 0.1) is 12.7 Å². The average molecular weight is 341 g/mol. The lowest BCUT2D eigenvalue weighted by Crippen LogP contribution is -2.19. The molecule has 1 amide bonds. The first-order chi connectivity index (χ1) is 11.3. The highest BCUT2D eigenvalue weighted by Crippen LogP contribution is 2.21. The second-order valence-electron chi connectivity index (χ2n) is 4.67. The van der Waals surface area contributed by atoms with E-state index < -0.39 is 18.7 Å². The molecule has 1 aromatic carbocycles. The van der Waals surface area contributed by atoms with Crippen LogP contribution < -0.4 is 20.5 Å². The van der Waals surface area contributed by atoms with E-state index in [1.54, 1.807) is 0 Å². The first kappa shape index (κ1) is 17.4. The molecule has 0 fully saturated rings. The molecular weight excluding hydrogens is 327 g/mol. The molecule has 0 bridgehead atoms. The number of carbonyl (C=O) groups excluding carboxylic acids is 1. The zero-order valence-corrected chi connectivity index (χ0v) is 12.6. The number of rotatable bonds is 5. The summed E-state index contributed by atoms with van der Waals surface area (Å²) >= 11 is 0. The summed E-state index contributed by atoms with van der Waals surface area (Å²) < 4.78 is 45.7. The van der Waals surface area contributed by atoms with Crippen LogP contribution in [0.3, 0.4) is 0 Å². The summed E-state index contributed by atoms with van der Waals surface area (Å²) in [6.45, 7) is -1.38. The van der Waals surface area contributed by atoms with Gasteiger partial charge in [0, 0.05) is 11.8 Å². The molecule has 9 heteroatoms. The number of aromatic nitrogens is 1. The molecule has 1 heterocycles. The van der Waals surface area contributed by atoms with Crippen LogP contribution in [0, 0.1) is 0 Å². The van der Waals surface area contributed by atoms with Crippen LogP contribution in [0.4, 0.5) is 24.7 Å². The second kappa shape index (κ2) is 7.07. The van der Waals surface area contributed by atoms with E-state index in [1.165, 1.54) is 43.5 Å². The Morgan fingerprint density at radius 3 is 2.42 bits per heavy atom. The summed E-state index contributed by atoms with van der Waals surface area (Å²) in [5.41, 5.74) is 6.19. The number of amides is 1. The normalized spacial score (nSPS) is 11.0. The van der Waals surface area contributed by atoms with E-state index in [9.17, 15) is 18.0 Å². The lowest BCUT2D eigenvalue weighted by molar-refractivity contribution is -0.153. The van der Waals surface area contributed by atoms with Crippen molar-refractivity contribution in [2.24, 2.45) is 0 Å². The number of methoxy groups -OCH3 is 1. The number of nitrogens with two attached hydrogens (primary N) is 1. The Labute approximate surface area is 135 Å². The standard InChI is InChI=1S/C15H14F3N3O3/c1-23-12-7-6-11(13(19)21-12)14(22)20-9-2-4-10(5-3-9)24-8-15(16,17)18/h2-7H,8H2,1H3,(H2,19,21)(H,20,22). The number of ether oxygens (including phenoxy) is 2. The molecule has 2 rings (SSSR count). The lowest BCUT2D eigenvalue weighted by atomic mass is 10.2. The number of benzene rings is 1. The number of nitrogen functional groups attached to an aromatic ring is 1. The Bertz CT molecular complexity index is 718. The minimum absolute atomic E-state index is 0.00280. The molecule has 0 radical (unpaired) electrons. The Hall–Kier alpha value is -2.97. The van der Waals surface area contributed by atoms with Crippen molar-refractivity contribution in [3.63, 3.8) is 0 Å². The Balaban J connectivity index is 2.02. The molecule has 1 aromatic heterocycles.